The Labute approximate surface area is 340 Å². The summed E-state index contributed by atoms with van der Waals surface area (Å²) < 4.78 is 0. The van der Waals surface area contributed by atoms with E-state index in [1.165, 1.54) is 0 Å². The molecule has 0 aromatic rings. The van der Waals surface area contributed by atoms with E-state index in [0.29, 0.717) is 58.3 Å². The van der Waals surface area contributed by atoms with Crippen molar-refractivity contribution in [1.82, 2.24) is 0 Å². The summed E-state index contributed by atoms with van der Waals surface area (Å²) in [7, 11) is 0. The van der Waals surface area contributed by atoms with E-state index in [2.05, 4.69) is 0 Å². The second kappa shape index (κ2) is 63.9. The van der Waals surface area contributed by atoms with E-state index in [1.54, 1.807) is 0 Å². The minimum absolute atomic E-state index is 0. The van der Waals surface area contributed by atoms with Gasteiger partial charge in [-0.25, -0.2) is 0 Å². The molecule has 0 bridgehead atoms. The van der Waals surface area contributed by atoms with Crippen LogP contribution in [0.1, 0.15) is 158 Å². The number of carboxylic acid groups (broad SMARTS) is 4. The molecule has 0 amide bonds. The van der Waals surface area contributed by atoms with Gasteiger partial charge in [-0.2, -0.15) is 0 Å². The fourth-order valence-electron chi connectivity index (χ4n) is 2.30. The molecule has 0 spiro atoms. The van der Waals surface area contributed by atoms with E-state index in [0.717, 1.165) is 44.9 Å². The molecule has 3 N–H and O–H groups in total. The maximum absolute atomic E-state index is 10.6. The number of carboxylic acids is 4. The number of unbranched alkanes of at least 4 members (excludes halogenated alkanes) is 2. The van der Waals surface area contributed by atoms with E-state index < -0.39 is 49.6 Å². The Hall–Kier alpha value is -2.13. The number of hydrogen-bond acceptors (Lipinski definition) is 15. The minimum atomic E-state index is -1.28. The molecule has 0 aliphatic carbocycles. The summed E-state index contributed by atoms with van der Waals surface area (Å²) in [5.41, 5.74) is 0. The van der Waals surface area contributed by atoms with Gasteiger partial charge in [0.25, 0.3) is 0 Å². The van der Waals surface area contributed by atoms with Crippen LogP contribution in [0.15, 0.2) is 0 Å². The SMILES string of the molecule is CCCC(=O)CC(=O)[O-].CCCC(=O)CC(=O)[O-].CCCCC(=O)CC(=O)[O-].CCCCC(=O)CC(=O)[O-].CCCO.CCCO.CCCO.[Ti+2].[Ti+3]. The van der Waals surface area contributed by atoms with Crippen LogP contribution in [0, 0.1) is 0 Å². The van der Waals surface area contributed by atoms with Gasteiger partial charge in [0.2, 0.25) is 0 Å². The van der Waals surface area contributed by atoms with Crippen LogP contribution in [0.5, 0.6) is 0 Å². The first-order chi connectivity index (χ1) is 23.4. The Morgan fingerprint density at radius 2 is 0.538 bits per heavy atom. The van der Waals surface area contributed by atoms with Crippen molar-refractivity contribution in [3.63, 3.8) is 0 Å². The third kappa shape index (κ3) is 110. The van der Waals surface area contributed by atoms with Crippen molar-refractivity contribution in [3.8, 4) is 0 Å². The number of aliphatic hydroxyl groups excluding tert-OH is 3. The monoisotopic (exact) mass is 820 g/mol. The Morgan fingerprint density at radius 3 is 0.654 bits per heavy atom. The number of Topliss-reactive ketones (excluding diaryl/α,β-unsaturated/α-hetero) is 4. The molecule has 0 heterocycles. The third-order valence-corrected chi connectivity index (χ3v) is 4.71. The first-order valence-electron chi connectivity index (χ1n) is 17.1. The molecule has 0 atom stereocenters. The quantitative estimate of drug-likeness (QED) is 0.101. The first kappa shape index (κ1) is 71.3. The molecule has 15 nitrogen and oxygen atoms in total. The molecular weight excluding hydrogens is 756 g/mol. The van der Waals surface area contributed by atoms with Gasteiger partial charge < -0.3 is 54.9 Å². The molecule has 52 heavy (non-hydrogen) atoms. The van der Waals surface area contributed by atoms with Crippen molar-refractivity contribution in [2.45, 2.75) is 158 Å². The van der Waals surface area contributed by atoms with Gasteiger partial charge in [-0.1, -0.05) is 61.3 Å². The number of hydrogen-bond donors (Lipinski definition) is 3. The number of rotatable bonds is 21. The van der Waals surface area contributed by atoms with Crippen LogP contribution >= 0.6 is 0 Å². The summed E-state index contributed by atoms with van der Waals surface area (Å²) in [6.45, 7) is 14.3. The summed E-state index contributed by atoms with van der Waals surface area (Å²) in [6.07, 6.45) is 7.08. The second-order valence-electron chi connectivity index (χ2n) is 10.2. The summed E-state index contributed by atoms with van der Waals surface area (Å²) in [5.74, 6) is -6.09. The van der Waals surface area contributed by atoms with Gasteiger partial charge in [0.05, 0.1) is 0 Å². The molecule has 17 heteroatoms. The zero-order chi connectivity index (χ0) is 40.8. The van der Waals surface area contributed by atoms with Crippen LogP contribution in [0.2, 0.25) is 0 Å². The molecule has 0 aliphatic heterocycles. The average molecular weight is 821 g/mol. The standard InChI is InChI=1S/2C7H12O3.2C6H10O3.3C3H8O.2Ti/c2*1-2-3-4-6(8)5-7(9)10;2*1-2-3-5(7)4-6(8)9;3*1-2-3-4;;/h2*2-5H2,1H3,(H,9,10);2*2-4H2,1H3,(H,8,9);3*4H,2-3H2,1H3;;/q;;;;;;;+2;+3/p-4. The third-order valence-electron chi connectivity index (χ3n) is 4.71. The fourth-order valence-corrected chi connectivity index (χ4v) is 2.30. The first-order valence-corrected chi connectivity index (χ1v) is 17.1. The zero-order valence-corrected chi connectivity index (χ0v) is 35.5. The Morgan fingerprint density at radius 1 is 0.365 bits per heavy atom. The van der Waals surface area contributed by atoms with Gasteiger partial charge >= 0.3 is 43.4 Å². The molecule has 0 fully saturated rings. The van der Waals surface area contributed by atoms with Gasteiger partial charge in [0.15, 0.2) is 0 Å². The van der Waals surface area contributed by atoms with Gasteiger partial charge in [-0.3, -0.25) is 19.2 Å². The van der Waals surface area contributed by atoms with Crippen molar-refractivity contribution in [2.24, 2.45) is 0 Å². The summed E-state index contributed by atoms with van der Waals surface area (Å²) >= 11 is 0. The number of aliphatic hydroxyl groups is 3. The fraction of sp³-hybridized carbons (Fsp3) is 0.771. The number of aliphatic carboxylic acids is 4. The molecule has 0 saturated carbocycles. The Bertz CT molecular complexity index is 775. The molecule has 0 aromatic carbocycles. The van der Waals surface area contributed by atoms with Crippen LogP contribution in [0.4, 0.5) is 0 Å². The molecule has 0 rings (SSSR count). The molecule has 0 aromatic heterocycles. The van der Waals surface area contributed by atoms with E-state index >= 15 is 0 Å². The number of ketones is 4. The normalized spacial score (nSPS) is 8.42. The minimum Gasteiger partial charge on any atom is -0.550 e. The topological polar surface area (TPSA) is 289 Å². The average Bonchev–Trinajstić information content (AvgIpc) is 3.03. The molecule has 0 unspecified atom stereocenters. The maximum atomic E-state index is 10.6. The van der Waals surface area contributed by atoms with Gasteiger partial charge in [-0.05, 0) is 44.9 Å². The molecule has 1 radical (unpaired) electrons. The summed E-state index contributed by atoms with van der Waals surface area (Å²) in [4.78, 5) is 81.2. The van der Waals surface area contributed by atoms with E-state index in [4.69, 9.17) is 15.3 Å². The summed E-state index contributed by atoms with van der Waals surface area (Å²) in [6, 6.07) is 0. The largest absolute Gasteiger partial charge is 3.00 e. The van der Waals surface area contributed by atoms with E-state index in [9.17, 15) is 58.8 Å². The van der Waals surface area contributed by atoms with Gasteiger partial charge in [-0.15, -0.1) is 0 Å². The predicted octanol–water partition coefficient (Wildman–Crippen LogP) is -0.0763. The van der Waals surface area contributed by atoms with E-state index in [-0.39, 0.29) is 66.6 Å². The number of carbonyl (C=O) groups excluding carboxylic acids is 8. The zero-order valence-electron chi connectivity index (χ0n) is 32.4. The Kier molecular flexibility index (Phi) is 87.6. The van der Waals surface area contributed by atoms with Crippen LogP contribution in [0.3, 0.4) is 0 Å². The maximum Gasteiger partial charge on any atom is 3.00 e. The molecule has 301 valence electrons. The molecular formula is C35H64O15Ti2+. The van der Waals surface area contributed by atoms with Crippen molar-refractivity contribution in [1.29, 1.82) is 0 Å². The van der Waals surface area contributed by atoms with Crippen LogP contribution < -0.4 is 20.4 Å². The van der Waals surface area contributed by atoms with Crippen LogP contribution in [-0.4, -0.2) is 82.2 Å². The molecule has 0 saturated heterocycles. The van der Waals surface area contributed by atoms with Gasteiger partial charge in [0.1, 0.15) is 23.1 Å². The second-order valence-corrected chi connectivity index (χ2v) is 10.2. The van der Waals surface area contributed by atoms with Crippen molar-refractivity contribution in [3.05, 3.63) is 0 Å². The van der Waals surface area contributed by atoms with Crippen molar-refractivity contribution in [2.75, 3.05) is 19.8 Å². The Balaban J connectivity index is -0.0000000607. The van der Waals surface area contributed by atoms with Gasteiger partial charge in [0, 0.05) is 95.1 Å². The smallest absolute Gasteiger partial charge is 0.550 e. The van der Waals surface area contributed by atoms with Crippen molar-refractivity contribution < 1.29 is 118 Å². The van der Waals surface area contributed by atoms with Crippen LogP contribution in [-0.2, 0) is 81.8 Å². The number of carbonyl (C=O) groups is 8. The predicted molar refractivity (Wildman–Crippen MR) is 180 cm³/mol. The summed E-state index contributed by atoms with van der Waals surface area (Å²) in [5, 5.41) is 62.8. The van der Waals surface area contributed by atoms with Crippen molar-refractivity contribution >= 4 is 47.0 Å². The van der Waals surface area contributed by atoms with Crippen LogP contribution in [0.25, 0.3) is 0 Å². The van der Waals surface area contributed by atoms with E-state index in [1.807, 2.05) is 48.5 Å². The molecule has 0 aliphatic rings.